The summed E-state index contributed by atoms with van der Waals surface area (Å²) in [5, 5.41) is 10.2. The fraction of sp³-hybridized carbons (Fsp3) is 0.333. The summed E-state index contributed by atoms with van der Waals surface area (Å²) >= 11 is 15.1. The highest BCUT2D eigenvalue weighted by Crippen LogP contribution is 2.41. The molecule has 208 valence electrons. The van der Waals surface area contributed by atoms with Crippen LogP contribution >= 0.6 is 35.0 Å². The summed E-state index contributed by atoms with van der Waals surface area (Å²) in [7, 11) is 0. The molecule has 3 aromatic rings. The monoisotopic (exact) mass is 597 g/mol. The molecule has 0 aromatic heterocycles. The first-order valence-electron chi connectivity index (χ1n) is 13.3. The van der Waals surface area contributed by atoms with Gasteiger partial charge in [0.1, 0.15) is 12.4 Å². The third-order valence-electron chi connectivity index (χ3n) is 7.64. The van der Waals surface area contributed by atoms with Gasteiger partial charge in [0.25, 0.3) is 0 Å². The number of fused-ring (bicyclic) bond motifs is 1. The Morgan fingerprint density at radius 3 is 2.38 bits per heavy atom. The zero-order chi connectivity index (χ0) is 27.8. The number of ether oxygens (including phenoxy) is 1. The molecular weight excluding hydrogens is 569 g/mol. The molecule has 40 heavy (non-hydrogen) atoms. The molecule has 2 heterocycles. The van der Waals surface area contributed by atoms with Crippen molar-refractivity contribution in [3.8, 4) is 5.75 Å². The number of carboxylic acids is 1. The lowest BCUT2D eigenvalue weighted by molar-refractivity contribution is -0.122. The molecule has 1 amide bonds. The molecule has 10 heteroatoms. The lowest BCUT2D eigenvalue weighted by Gasteiger charge is -2.39. The summed E-state index contributed by atoms with van der Waals surface area (Å²) in [5.41, 5.74) is 3.95. The maximum absolute atomic E-state index is 13.9. The normalized spacial score (nSPS) is 19.0. The Kier molecular flexibility index (Phi) is 7.86. The van der Waals surface area contributed by atoms with E-state index in [-0.39, 0.29) is 24.1 Å². The topological polar surface area (TPSA) is 73.3 Å². The molecule has 1 saturated heterocycles. The van der Waals surface area contributed by atoms with Crippen LogP contribution in [-0.2, 0) is 17.9 Å². The maximum atomic E-state index is 13.9. The summed E-state index contributed by atoms with van der Waals surface area (Å²) in [6, 6.07) is 18.5. The minimum atomic E-state index is -0.988. The van der Waals surface area contributed by atoms with Crippen molar-refractivity contribution in [3.05, 3.63) is 87.4 Å². The van der Waals surface area contributed by atoms with Gasteiger partial charge in [-0.2, -0.15) is 0 Å². The molecular formula is C30H29Cl2N3O4S. The highest BCUT2D eigenvalue weighted by molar-refractivity contribution is 7.99. The summed E-state index contributed by atoms with van der Waals surface area (Å²) < 4.78 is 5.80. The van der Waals surface area contributed by atoms with Crippen LogP contribution in [0.2, 0.25) is 10.0 Å². The first kappa shape index (κ1) is 27.3. The number of anilines is 2. The van der Waals surface area contributed by atoms with Crippen LogP contribution in [-0.4, -0.2) is 58.7 Å². The zero-order valence-corrected chi connectivity index (χ0v) is 24.1. The third-order valence-corrected chi connectivity index (χ3v) is 9.41. The number of nitrogens with zero attached hydrogens (tertiary/aromatic N) is 3. The Labute approximate surface area is 247 Å². The number of rotatable bonds is 8. The minimum absolute atomic E-state index is 0.133. The Bertz CT molecular complexity index is 1430. The van der Waals surface area contributed by atoms with Gasteiger partial charge in [0.05, 0.1) is 23.0 Å². The molecule has 1 saturated carbocycles. The van der Waals surface area contributed by atoms with Gasteiger partial charge in [-0.15, -0.1) is 11.8 Å². The number of benzene rings is 3. The lowest BCUT2D eigenvalue weighted by Crippen LogP contribution is -2.52. The number of carboxylic acid groups (broad SMARTS) is 1. The van der Waals surface area contributed by atoms with Crippen molar-refractivity contribution >= 4 is 58.2 Å². The number of carbonyl (C=O) groups is 2. The number of halogens is 2. The van der Waals surface area contributed by atoms with Crippen molar-refractivity contribution < 1.29 is 19.4 Å². The van der Waals surface area contributed by atoms with Crippen molar-refractivity contribution in [1.82, 2.24) is 4.90 Å². The quantitative estimate of drug-likeness (QED) is 0.333. The third kappa shape index (κ3) is 5.63. The van der Waals surface area contributed by atoms with Crippen LogP contribution < -0.4 is 14.5 Å². The van der Waals surface area contributed by atoms with E-state index >= 15 is 0 Å². The van der Waals surface area contributed by atoms with Gasteiger partial charge in [-0.1, -0.05) is 35.3 Å². The van der Waals surface area contributed by atoms with Gasteiger partial charge >= 0.3 is 5.97 Å². The number of aromatic carboxylic acids is 1. The predicted octanol–water partition coefficient (Wildman–Crippen LogP) is 6.16. The lowest BCUT2D eigenvalue weighted by atomic mass is 10.1. The smallest absolute Gasteiger partial charge is 0.335 e. The molecule has 0 radical (unpaired) electrons. The molecule has 0 bridgehead atoms. The van der Waals surface area contributed by atoms with Crippen LogP contribution in [0.15, 0.2) is 60.7 Å². The number of para-hydroxylation sites is 2. The largest absolute Gasteiger partial charge is 0.489 e. The van der Waals surface area contributed by atoms with Crippen LogP contribution in [0, 0.1) is 0 Å². The van der Waals surface area contributed by atoms with E-state index in [2.05, 4.69) is 28.0 Å². The first-order valence-corrected chi connectivity index (χ1v) is 15.2. The number of hydrogen-bond acceptors (Lipinski definition) is 6. The highest BCUT2D eigenvalue weighted by atomic mass is 35.5. The standard InChI is InChI=1S/C30H29Cl2N3O4S/c31-24-14-21(16-39-23-9-5-19(6-10-23)30(37)38)25(32)13-20(24)15-33-18-40-17-28(33)29(36)35-12-11-34(22-7-8-22)26-3-1-2-4-27(26)35/h1-6,9-10,13-14,22,28H,7-8,11-12,15-18H2,(H,37,38)/t28-/m0/s1. The van der Waals surface area contributed by atoms with Crippen LogP contribution in [0.1, 0.15) is 34.3 Å². The molecule has 0 unspecified atom stereocenters. The minimum Gasteiger partial charge on any atom is -0.489 e. The SMILES string of the molecule is O=C(O)c1ccc(OCc2cc(Cl)c(CN3CSC[C@H]3C(=O)N3CCN(C4CC4)c4ccccc43)cc2Cl)cc1. The van der Waals surface area contributed by atoms with Crippen LogP contribution in [0.4, 0.5) is 11.4 Å². The van der Waals surface area contributed by atoms with E-state index in [1.54, 1.807) is 30.0 Å². The predicted molar refractivity (Wildman–Crippen MR) is 160 cm³/mol. The van der Waals surface area contributed by atoms with Gasteiger partial charge in [0.15, 0.2) is 0 Å². The van der Waals surface area contributed by atoms with E-state index in [4.69, 9.17) is 33.0 Å². The molecule has 2 aliphatic heterocycles. The van der Waals surface area contributed by atoms with E-state index in [1.165, 1.54) is 25.0 Å². The van der Waals surface area contributed by atoms with E-state index in [0.717, 1.165) is 40.7 Å². The van der Waals surface area contributed by atoms with Gasteiger partial charge in [0, 0.05) is 52.9 Å². The van der Waals surface area contributed by atoms with Gasteiger partial charge in [-0.3, -0.25) is 9.69 Å². The number of amides is 1. The van der Waals surface area contributed by atoms with E-state index < -0.39 is 5.97 Å². The summed E-state index contributed by atoms with van der Waals surface area (Å²) in [6.45, 7) is 2.27. The van der Waals surface area contributed by atoms with Gasteiger partial charge < -0.3 is 19.6 Å². The van der Waals surface area contributed by atoms with Crippen LogP contribution in [0.3, 0.4) is 0 Å². The second-order valence-corrected chi connectivity index (χ2v) is 12.1. The second kappa shape index (κ2) is 11.5. The average Bonchev–Trinajstić information content (AvgIpc) is 3.71. The van der Waals surface area contributed by atoms with Gasteiger partial charge in [-0.05, 0) is 66.9 Å². The Morgan fingerprint density at radius 2 is 1.65 bits per heavy atom. The molecule has 1 atom stereocenters. The van der Waals surface area contributed by atoms with Crippen molar-refractivity contribution in [2.75, 3.05) is 34.5 Å². The Balaban J connectivity index is 1.13. The van der Waals surface area contributed by atoms with Crippen molar-refractivity contribution in [1.29, 1.82) is 0 Å². The van der Waals surface area contributed by atoms with Crippen molar-refractivity contribution in [2.24, 2.45) is 0 Å². The van der Waals surface area contributed by atoms with Crippen LogP contribution in [0.25, 0.3) is 0 Å². The van der Waals surface area contributed by atoms with E-state index in [9.17, 15) is 9.59 Å². The van der Waals surface area contributed by atoms with Crippen molar-refractivity contribution in [2.45, 2.75) is 38.1 Å². The van der Waals surface area contributed by atoms with E-state index in [1.807, 2.05) is 17.0 Å². The van der Waals surface area contributed by atoms with Gasteiger partial charge in [0.2, 0.25) is 5.91 Å². The van der Waals surface area contributed by atoms with Crippen molar-refractivity contribution in [3.63, 3.8) is 0 Å². The molecule has 6 rings (SSSR count). The zero-order valence-electron chi connectivity index (χ0n) is 21.8. The van der Waals surface area contributed by atoms with Gasteiger partial charge in [-0.25, -0.2) is 4.79 Å². The first-order chi connectivity index (χ1) is 19.4. The summed E-state index contributed by atoms with van der Waals surface area (Å²) in [4.78, 5) is 31.5. The number of carbonyl (C=O) groups excluding carboxylic acids is 1. The average molecular weight is 599 g/mol. The highest BCUT2D eigenvalue weighted by Gasteiger charge is 2.40. The number of thioether (sulfide) groups is 1. The van der Waals surface area contributed by atoms with E-state index in [0.29, 0.717) is 34.9 Å². The molecule has 1 N–H and O–H groups in total. The molecule has 3 aliphatic rings. The Morgan fingerprint density at radius 1 is 0.950 bits per heavy atom. The molecule has 7 nitrogen and oxygen atoms in total. The summed E-state index contributed by atoms with van der Waals surface area (Å²) in [5.74, 6) is 1.16. The molecule has 3 aromatic carbocycles. The molecule has 2 fully saturated rings. The maximum Gasteiger partial charge on any atom is 0.335 e. The fourth-order valence-corrected chi connectivity index (χ4v) is 7.03. The molecule has 1 aliphatic carbocycles. The summed E-state index contributed by atoms with van der Waals surface area (Å²) in [6.07, 6.45) is 2.45. The molecule has 0 spiro atoms. The Hall–Kier alpha value is -2.91. The fourth-order valence-electron chi connectivity index (χ4n) is 5.35. The number of hydrogen-bond donors (Lipinski definition) is 1. The van der Waals surface area contributed by atoms with Crippen LogP contribution in [0.5, 0.6) is 5.75 Å². The second-order valence-electron chi connectivity index (χ2n) is 10.3.